The quantitative estimate of drug-likeness (QED) is 0.799. The summed E-state index contributed by atoms with van der Waals surface area (Å²) in [6, 6.07) is 7.30. The van der Waals surface area contributed by atoms with E-state index in [1.165, 1.54) is 11.5 Å². The molecule has 0 unspecified atom stereocenters. The van der Waals surface area contributed by atoms with Crippen molar-refractivity contribution in [2.24, 2.45) is 0 Å². The van der Waals surface area contributed by atoms with Crippen LogP contribution < -0.4 is 0 Å². The average Bonchev–Trinajstić information content (AvgIpc) is 2.80. The van der Waals surface area contributed by atoms with Gasteiger partial charge in [-0.05, 0) is 35.6 Å². The van der Waals surface area contributed by atoms with E-state index in [-0.39, 0.29) is 5.78 Å². The van der Waals surface area contributed by atoms with E-state index in [0.29, 0.717) is 16.3 Å². The second kappa shape index (κ2) is 5.38. The van der Waals surface area contributed by atoms with Crippen molar-refractivity contribution < 1.29 is 4.79 Å². The van der Waals surface area contributed by atoms with E-state index in [4.69, 9.17) is 11.6 Å². The minimum Gasteiger partial charge on any atom is -0.293 e. The van der Waals surface area contributed by atoms with Gasteiger partial charge in [0.05, 0.1) is 5.69 Å². The second-order valence-corrected chi connectivity index (χ2v) is 4.82. The van der Waals surface area contributed by atoms with Gasteiger partial charge in [-0.2, -0.15) is 0 Å². The predicted octanol–water partition coefficient (Wildman–Crippen LogP) is 3.18. The number of halogens is 1. The molecule has 0 spiro atoms. The lowest BCUT2D eigenvalue weighted by Gasteiger charge is -2.00. The molecule has 0 radical (unpaired) electrons. The summed E-state index contributed by atoms with van der Waals surface area (Å²) in [6.07, 6.45) is 1.10. The zero-order valence-corrected chi connectivity index (χ0v) is 10.9. The molecule has 2 aromatic rings. The van der Waals surface area contributed by atoms with Crippen LogP contribution in [0.5, 0.6) is 0 Å². The predicted molar refractivity (Wildman–Crippen MR) is 68.8 cm³/mol. The summed E-state index contributed by atoms with van der Waals surface area (Å²) < 4.78 is 3.82. The summed E-state index contributed by atoms with van der Waals surface area (Å²) in [5.74, 6) is 0.0687. The lowest BCUT2D eigenvalue weighted by molar-refractivity contribution is 0.0996. The van der Waals surface area contributed by atoms with Gasteiger partial charge >= 0.3 is 0 Å². The Hall–Kier alpha value is -1.26. The summed E-state index contributed by atoms with van der Waals surface area (Å²) in [6.45, 7) is 1.97. The van der Waals surface area contributed by atoms with E-state index in [9.17, 15) is 4.79 Å². The van der Waals surface area contributed by atoms with Crippen molar-refractivity contribution in [3.63, 3.8) is 0 Å². The molecular weight excluding hydrogens is 256 g/mol. The molecule has 0 amide bonds. The second-order valence-electron chi connectivity index (χ2n) is 3.63. The first-order valence-electron chi connectivity index (χ1n) is 5.29. The monoisotopic (exact) mass is 266 g/mol. The molecule has 0 saturated heterocycles. The molecule has 0 bridgehead atoms. The zero-order valence-electron chi connectivity index (χ0n) is 9.31. The number of carbonyl (C=O) groups is 1. The molecule has 17 heavy (non-hydrogen) atoms. The van der Waals surface area contributed by atoms with Crippen LogP contribution in [0, 0.1) is 0 Å². The van der Waals surface area contributed by atoms with E-state index in [2.05, 4.69) is 9.59 Å². The number of aromatic nitrogens is 2. The Morgan fingerprint density at radius 1 is 1.35 bits per heavy atom. The highest BCUT2D eigenvalue weighted by Gasteiger charge is 2.15. The highest BCUT2D eigenvalue weighted by Crippen LogP contribution is 2.16. The number of aryl methyl sites for hydroxylation is 1. The molecular formula is C12H11ClN2OS. The van der Waals surface area contributed by atoms with Crippen LogP contribution in [0.1, 0.15) is 27.9 Å². The maximum atomic E-state index is 12.0. The summed E-state index contributed by atoms with van der Waals surface area (Å²) in [4.78, 5) is 12.7. The van der Waals surface area contributed by atoms with E-state index in [1.54, 1.807) is 12.1 Å². The van der Waals surface area contributed by atoms with Crippen molar-refractivity contribution in [1.82, 2.24) is 9.59 Å². The first-order chi connectivity index (χ1) is 8.20. The summed E-state index contributed by atoms with van der Waals surface area (Å²) in [7, 11) is 0. The molecule has 0 saturated carbocycles. The first kappa shape index (κ1) is 12.2. The molecule has 88 valence electrons. The van der Waals surface area contributed by atoms with Gasteiger partial charge in [0.25, 0.3) is 0 Å². The van der Waals surface area contributed by atoms with Crippen molar-refractivity contribution in [2.75, 3.05) is 0 Å². The van der Waals surface area contributed by atoms with Crippen molar-refractivity contribution >= 4 is 28.9 Å². The van der Waals surface area contributed by atoms with Crippen LogP contribution in [-0.4, -0.2) is 15.4 Å². The zero-order chi connectivity index (χ0) is 12.3. The third kappa shape index (κ3) is 2.90. The Kier molecular flexibility index (Phi) is 3.86. The lowest BCUT2D eigenvalue weighted by atomic mass is 10.1. The topological polar surface area (TPSA) is 42.9 Å². The van der Waals surface area contributed by atoms with Gasteiger partial charge in [-0.1, -0.05) is 35.1 Å². The Morgan fingerprint density at radius 3 is 2.71 bits per heavy atom. The number of ketones is 1. The smallest absolute Gasteiger partial charge is 0.180 e. The Labute approximate surface area is 109 Å². The Bertz CT molecular complexity index is 522. The van der Waals surface area contributed by atoms with Crippen molar-refractivity contribution in [3.05, 3.63) is 45.4 Å². The fraction of sp³-hybridized carbons (Fsp3) is 0.250. The third-order valence-electron chi connectivity index (χ3n) is 2.42. The fourth-order valence-electron chi connectivity index (χ4n) is 1.52. The molecule has 0 aliphatic rings. The molecule has 0 fully saturated rings. The number of nitrogens with zero attached hydrogens (tertiary/aromatic N) is 2. The average molecular weight is 267 g/mol. The van der Waals surface area contributed by atoms with Gasteiger partial charge in [0, 0.05) is 11.4 Å². The molecule has 0 aliphatic carbocycles. The van der Waals surface area contributed by atoms with Crippen LogP contribution in [-0.2, 0) is 12.8 Å². The van der Waals surface area contributed by atoms with Crippen molar-refractivity contribution in [3.8, 4) is 0 Å². The summed E-state index contributed by atoms with van der Waals surface area (Å²) >= 11 is 6.96. The minimum absolute atomic E-state index is 0.0687. The summed E-state index contributed by atoms with van der Waals surface area (Å²) in [5, 5.41) is 4.61. The summed E-state index contributed by atoms with van der Waals surface area (Å²) in [5.41, 5.74) is 1.74. The molecule has 1 aromatic carbocycles. The SMILES string of the molecule is CCc1nnsc1C(=O)Cc1ccc(Cl)cc1. The van der Waals surface area contributed by atoms with Crippen LogP contribution in [0.25, 0.3) is 0 Å². The number of carbonyl (C=O) groups excluding carboxylic acids is 1. The number of benzene rings is 1. The molecule has 3 nitrogen and oxygen atoms in total. The number of Topliss-reactive ketones (excluding diaryl/α,β-unsaturated/α-hetero) is 1. The molecule has 1 heterocycles. The van der Waals surface area contributed by atoms with Gasteiger partial charge in [-0.3, -0.25) is 4.79 Å². The number of hydrogen-bond donors (Lipinski definition) is 0. The Morgan fingerprint density at radius 2 is 2.06 bits per heavy atom. The largest absolute Gasteiger partial charge is 0.293 e. The van der Waals surface area contributed by atoms with Gasteiger partial charge < -0.3 is 0 Å². The van der Waals surface area contributed by atoms with Crippen LogP contribution in [0.4, 0.5) is 0 Å². The molecule has 2 rings (SSSR count). The molecule has 0 aliphatic heterocycles. The van der Waals surface area contributed by atoms with Crippen molar-refractivity contribution in [2.45, 2.75) is 19.8 Å². The standard InChI is InChI=1S/C12H11ClN2OS/c1-2-10-12(17-15-14-10)11(16)7-8-3-5-9(13)6-4-8/h3-6H,2,7H2,1H3. The van der Waals surface area contributed by atoms with Crippen LogP contribution in [0.2, 0.25) is 5.02 Å². The van der Waals surface area contributed by atoms with Crippen LogP contribution >= 0.6 is 23.1 Å². The van der Waals surface area contributed by atoms with Crippen LogP contribution in [0.15, 0.2) is 24.3 Å². The minimum atomic E-state index is 0.0687. The van der Waals surface area contributed by atoms with Gasteiger partial charge in [-0.15, -0.1) is 5.10 Å². The van der Waals surface area contributed by atoms with Crippen LogP contribution in [0.3, 0.4) is 0 Å². The molecule has 0 atom stereocenters. The molecule has 0 N–H and O–H groups in total. The van der Waals surface area contributed by atoms with Gasteiger partial charge in [0.2, 0.25) is 0 Å². The maximum Gasteiger partial charge on any atom is 0.180 e. The van der Waals surface area contributed by atoms with E-state index >= 15 is 0 Å². The molecule has 5 heteroatoms. The normalized spacial score (nSPS) is 10.5. The number of rotatable bonds is 4. The third-order valence-corrected chi connectivity index (χ3v) is 3.48. The van der Waals surface area contributed by atoms with E-state index in [0.717, 1.165) is 17.7 Å². The van der Waals surface area contributed by atoms with Crippen molar-refractivity contribution in [1.29, 1.82) is 0 Å². The highest BCUT2D eigenvalue weighted by atomic mass is 35.5. The van der Waals surface area contributed by atoms with E-state index in [1.807, 2.05) is 19.1 Å². The molecule has 1 aromatic heterocycles. The Balaban J connectivity index is 2.14. The lowest BCUT2D eigenvalue weighted by Crippen LogP contribution is -2.04. The fourth-order valence-corrected chi connectivity index (χ4v) is 2.33. The van der Waals surface area contributed by atoms with Gasteiger partial charge in [-0.25, -0.2) is 0 Å². The van der Waals surface area contributed by atoms with E-state index < -0.39 is 0 Å². The first-order valence-corrected chi connectivity index (χ1v) is 6.44. The highest BCUT2D eigenvalue weighted by molar-refractivity contribution is 7.08. The van der Waals surface area contributed by atoms with Gasteiger partial charge in [0.15, 0.2) is 5.78 Å². The van der Waals surface area contributed by atoms with Gasteiger partial charge in [0.1, 0.15) is 4.88 Å². The maximum absolute atomic E-state index is 12.0. The number of hydrogen-bond acceptors (Lipinski definition) is 4.